The topological polar surface area (TPSA) is 134 Å². The lowest BCUT2D eigenvalue weighted by Crippen LogP contribution is -2.70. The molecule has 4 rings (SSSR count). The van der Waals surface area contributed by atoms with Crippen LogP contribution in [0.5, 0.6) is 0 Å². The van der Waals surface area contributed by atoms with Gasteiger partial charge >= 0.3 is 0 Å². The molecule has 11 nitrogen and oxygen atoms in total. The molecule has 3 N–H and O–H groups in total. The molecule has 4 aliphatic rings. The van der Waals surface area contributed by atoms with Crippen molar-refractivity contribution in [3.05, 3.63) is 0 Å². The Kier molecular flexibility index (Phi) is 6.12. The lowest BCUT2D eigenvalue weighted by atomic mass is 9.94. The predicted octanol–water partition coefficient (Wildman–Crippen LogP) is -0.629. The van der Waals surface area contributed by atoms with Gasteiger partial charge in [-0.3, -0.25) is 4.79 Å². The van der Waals surface area contributed by atoms with Crippen LogP contribution in [-0.4, -0.2) is 95.7 Å². The van der Waals surface area contributed by atoms with Crippen molar-refractivity contribution >= 4 is 5.91 Å². The largest absolute Gasteiger partial charge is 0.385 e. The molecular weight excluding hydrogens is 414 g/mol. The van der Waals surface area contributed by atoms with E-state index in [1.165, 1.54) is 6.92 Å². The van der Waals surface area contributed by atoms with Crippen LogP contribution in [0.2, 0.25) is 0 Å². The van der Waals surface area contributed by atoms with E-state index in [1.807, 2.05) is 6.92 Å². The molecule has 0 radical (unpaired) electrons. The van der Waals surface area contributed by atoms with Crippen LogP contribution in [0.1, 0.15) is 41.5 Å². The SMILES string of the molecule is CC(=O)N[C@@H]1[C@@H](O[C@@H]2O[C@H](C)[C@@H]3OC(C)(C)O[C@@H]3[C@H]2O)[C@@H]2OC(C)(C)OC[C@H]2O[C@H]1O. The molecule has 0 aliphatic carbocycles. The van der Waals surface area contributed by atoms with Gasteiger partial charge in [-0.05, 0) is 34.6 Å². The number of nitrogens with one attached hydrogen (secondary N) is 1. The third-order valence-corrected chi connectivity index (χ3v) is 5.93. The fraction of sp³-hybridized carbons (Fsp3) is 0.950. The van der Waals surface area contributed by atoms with E-state index in [1.54, 1.807) is 27.7 Å². The molecule has 178 valence electrons. The zero-order chi connectivity index (χ0) is 22.7. The molecule has 0 unspecified atom stereocenters. The lowest BCUT2D eigenvalue weighted by molar-refractivity contribution is -0.387. The minimum Gasteiger partial charge on any atom is -0.385 e. The normalized spacial score (nSPS) is 48.5. The summed E-state index contributed by atoms with van der Waals surface area (Å²) in [6.45, 7) is 10.4. The molecule has 4 heterocycles. The first kappa shape index (κ1) is 23.3. The van der Waals surface area contributed by atoms with Crippen molar-refractivity contribution in [1.82, 2.24) is 5.32 Å². The maximum atomic E-state index is 11.8. The van der Waals surface area contributed by atoms with Gasteiger partial charge < -0.3 is 48.7 Å². The van der Waals surface area contributed by atoms with E-state index in [0.29, 0.717) is 0 Å². The van der Waals surface area contributed by atoms with Crippen molar-refractivity contribution in [2.75, 3.05) is 6.61 Å². The molecule has 4 aliphatic heterocycles. The van der Waals surface area contributed by atoms with Crippen LogP contribution in [0.4, 0.5) is 0 Å². The van der Waals surface area contributed by atoms with Crippen LogP contribution < -0.4 is 5.32 Å². The standard InChI is InChI=1S/C20H33NO10/c1-8-13-16(31-20(5,6)29-13)12(23)18(26-8)28-15-11(21-9(2)22)17(24)27-10-7-25-19(3,4)30-14(10)15/h8,10-18,23-24H,7H2,1-6H3,(H,21,22)/t8-,10-,11-,12-,13+,14-,15-,16-,17-,18+/m1/s1. The minimum absolute atomic E-state index is 0.168. The number of carbonyl (C=O) groups excluding carboxylic acids is 1. The van der Waals surface area contributed by atoms with Crippen molar-refractivity contribution in [1.29, 1.82) is 0 Å². The number of hydrogen-bond acceptors (Lipinski definition) is 10. The molecule has 4 fully saturated rings. The molecule has 0 aromatic heterocycles. The number of ether oxygens (including phenoxy) is 7. The number of amides is 1. The highest BCUT2D eigenvalue weighted by Crippen LogP contribution is 2.40. The fourth-order valence-electron chi connectivity index (χ4n) is 4.63. The van der Waals surface area contributed by atoms with Crippen molar-refractivity contribution < 1.29 is 48.2 Å². The molecule has 31 heavy (non-hydrogen) atoms. The molecule has 1 amide bonds. The molecule has 11 heteroatoms. The second-order valence-corrected chi connectivity index (χ2v) is 9.45. The van der Waals surface area contributed by atoms with E-state index >= 15 is 0 Å². The Balaban J connectivity index is 1.58. The van der Waals surface area contributed by atoms with Crippen molar-refractivity contribution in [2.24, 2.45) is 0 Å². The summed E-state index contributed by atoms with van der Waals surface area (Å²) in [4.78, 5) is 11.8. The van der Waals surface area contributed by atoms with E-state index in [2.05, 4.69) is 5.32 Å². The van der Waals surface area contributed by atoms with E-state index in [0.717, 1.165) is 0 Å². The van der Waals surface area contributed by atoms with Crippen LogP contribution in [0, 0.1) is 0 Å². The smallest absolute Gasteiger partial charge is 0.217 e. The maximum Gasteiger partial charge on any atom is 0.217 e. The quantitative estimate of drug-likeness (QED) is 0.513. The van der Waals surface area contributed by atoms with Gasteiger partial charge in [-0.15, -0.1) is 0 Å². The zero-order valence-corrected chi connectivity index (χ0v) is 18.6. The Labute approximate surface area is 181 Å². The number of rotatable bonds is 3. The first-order chi connectivity index (χ1) is 14.4. The maximum absolute atomic E-state index is 11.8. The summed E-state index contributed by atoms with van der Waals surface area (Å²) < 4.78 is 41.2. The minimum atomic E-state index is -1.36. The highest BCUT2D eigenvalue weighted by Gasteiger charge is 2.57. The van der Waals surface area contributed by atoms with Crippen LogP contribution in [-0.2, 0) is 38.0 Å². The number of aliphatic hydroxyl groups excluding tert-OH is 2. The summed E-state index contributed by atoms with van der Waals surface area (Å²) in [5.41, 5.74) is 0. The summed E-state index contributed by atoms with van der Waals surface area (Å²) in [6.07, 6.45) is -7.37. The Morgan fingerprint density at radius 2 is 1.65 bits per heavy atom. The molecule has 4 saturated heterocycles. The van der Waals surface area contributed by atoms with Crippen LogP contribution in [0.25, 0.3) is 0 Å². The molecular formula is C20H33NO10. The third-order valence-electron chi connectivity index (χ3n) is 5.93. The first-order valence-electron chi connectivity index (χ1n) is 10.6. The van der Waals surface area contributed by atoms with Gasteiger partial charge in [0.05, 0.1) is 12.7 Å². The van der Waals surface area contributed by atoms with Gasteiger partial charge in [0.1, 0.15) is 42.7 Å². The van der Waals surface area contributed by atoms with E-state index in [9.17, 15) is 15.0 Å². The van der Waals surface area contributed by atoms with E-state index in [4.69, 9.17) is 33.2 Å². The van der Waals surface area contributed by atoms with Gasteiger partial charge in [-0.1, -0.05) is 0 Å². The Morgan fingerprint density at radius 3 is 2.32 bits per heavy atom. The number of hydrogen-bond donors (Lipinski definition) is 3. The van der Waals surface area contributed by atoms with Crippen LogP contribution in [0.3, 0.4) is 0 Å². The summed E-state index contributed by atoms with van der Waals surface area (Å²) in [5, 5.41) is 24.2. The van der Waals surface area contributed by atoms with Gasteiger partial charge in [-0.2, -0.15) is 0 Å². The predicted molar refractivity (Wildman–Crippen MR) is 102 cm³/mol. The Morgan fingerprint density at radius 1 is 1.00 bits per heavy atom. The van der Waals surface area contributed by atoms with Crippen molar-refractivity contribution in [3.63, 3.8) is 0 Å². The first-order valence-corrected chi connectivity index (χ1v) is 10.6. The number of carbonyl (C=O) groups is 1. The molecule has 0 aromatic carbocycles. The average Bonchev–Trinajstić information content (AvgIpc) is 2.98. The average molecular weight is 447 g/mol. The highest BCUT2D eigenvalue weighted by molar-refractivity contribution is 5.73. The fourth-order valence-corrected chi connectivity index (χ4v) is 4.63. The second kappa shape index (κ2) is 8.15. The van der Waals surface area contributed by atoms with Crippen LogP contribution >= 0.6 is 0 Å². The summed E-state index contributed by atoms with van der Waals surface area (Å²) in [6, 6.07) is -0.950. The monoisotopic (exact) mass is 447 g/mol. The molecule has 0 bridgehead atoms. The number of fused-ring (bicyclic) bond motifs is 2. The summed E-state index contributed by atoms with van der Waals surface area (Å²) >= 11 is 0. The lowest BCUT2D eigenvalue weighted by Gasteiger charge is -2.51. The van der Waals surface area contributed by atoms with Gasteiger partial charge in [0.15, 0.2) is 24.2 Å². The Bertz CT molecular complexity index is 687. The van der Waals surface area contributed by atoms with E-state index < -0.39 is 72.9 Å². The van der Waals surface area contributed by atoms with Crippen molar-refractivity contribution in [3.8, 4) is 0 Å². The molecule has 0 spiro atoms. The van der Waals surface area contributed by atoms with Crippen LogP contribution in [0.15, 0.2) is 0 Å². The van der Waals surface area contributed by atoms with Gasteiger partial charge in [0.2, 0.25) is 5.91 Å². The van der Waals surface area contributed by atoms with Gasteiger partial charge in [0, 0.05) is 6.92 Å². The van der Waals surface area contributed by atoms with Crippen molar-refractivity contribution in [2.45, 2.75) is 114 Å². The Hall–Kier alpha value is -0.890. The van der Waals surface area contributed by atoms with Gasteiger partial charge in [-0.25, -0.2) is 0 Å². The van der Waals surface area contributed by atoms with Gasteiger partial charge in [0.25, 0.3) is 0 Å². The third kappa shape index (κ3) is 4.61. The summed E-state index contributed by atoms with van der Waals surface area (Å²) in [5.74, 6) is -2.17. The summed E-state index contributed by atoms with van der Waals surface area (Å²) in [7, 11) is 0. The molecule has 10 atom stereocenters. The van der Waals surface area contributed by atoms with E-state index in [-0.39, 0.29) is 12.5 Å². The highest BCUT2D eigenvalue weighted by atomic mass is 16.8. The second-order valence-electron chi connectivity index (χ2n) is 9.45. The number of aliphatic hydroxyl groups is 2. The molecule has 0 aromatic rings. The molecule has 0 saturated carbocycles. The zero-order valence-electron chi connectivity index (χ0n) is 18.6.